The molecule has 2 nitrogen and oxygen atoms in total. The average Bonchev–Trinajstić information content (AvgIpc) is 3.06. The number of anilines is 1. The largest absolute Gasteiger partial charge is 0.370 e. The van der Waals surface area contributed by atoms with Gasteiger partial charge >= 0.3 is 0 Å². The number of nitrogens with one attached hydrogen (secondary N) is 1. The van der Waals surface area contributed by atoms with Crippen molar-refractivity contribution in [3.8, 4) is 0 Å². The standard InChI is InChI=1S/C14H20N2/c1-11(15-2)12-4-3-5-13(8-12)16-9-14(10-16)6-7-14/h3-5,8,11,15H,6-7,9-10H2,1-2H3. The highest BCUT2D eigenvalue weighted by Crippen LogP contribution is 2.53. The van der Waals surface area contributed by atoms with E-state index in [0.717, 1.165) is 5.41 Å². The molecule has 0 aromatic heterocycles. The Morgan fingerprint density at radius 2 is 2.06 bits per heavy atom. The second kappa shape index (κ2) is 3.49. The van der Waals surface area contributed by atoms with Gasteiger partial charge in [-0.3, -0.25) is 0 Å². The molecule has 2 heteroatoms. The van der Waals surface area contributed by atoms with Crippen LogP contribution in [0.5, 0.6) is 0 Å². The molecule has 1 unspecified atom stereocenters. The van der Waals surface area contributed by atoms with E-state index in [1.165, 1.54) is 37.2 Å². The van der Waals surface area contributed by atoms with Crippen molar-refractivity contribution in [2.75, 3.05) is 25.0 Å². The van der Waals surface area contributed by atoms with Crippen molar-refractivity contribution in [1.29, 1.82) is 0 Å². The van der Waals surface area contributed by atoms with Gasteiger partial charge in [0.25, 0.3) is 0 Å². The summed E-state index contributed by atoms with van der Waals surface area (Å²) in [5, 5.41) is 3.29. The first-order valence-electron chi connectivity index (χ1n) is 6.25. The molecular weight excluding hydrogens is 196 g/mol. The summed E-state index contributed by atoms with van der Waals surface area (Å²) < 4.78 is 0. The fourth-order valence-corrected chi connectivity index (χ4v) is 2.60. The maximum atomic E-state index is 3.29. The van der Waals surface area contributed by atoms with Crippen molar-refractivity contribution in [1.82, 2.24) is 5.32 Å². The molecule has 1 spiro atoms. The van der Waals surface area contributed by atoms with E-state index in [2.05, 4.69) is 41.4 Å². The minimum absolute atomic E-state index is 0.441. The first-order valence-corrected chi connectivity index (χ1v) is 6.25. The summed E-state index contributed by atoms with van der Waals surface area (Å²) in [5.74, 6) is 0. The van der Waals surface area contributed by atoms with Gasteiger partial charge in [-0.05, 0) is 44.5 Å². The highest BCUT2D eigenvalue weighted by atomic mass is 15.2. The van der Waals surface area contributed by atoms with Crippen LogP contribution < -0.4 is 10.2 Å². The Hall–Kier alpha value is -1.02. The number of nitrogens with zero attached hydrogens (tertiary/aromatic N) is 1. The molecule has 1 N–H and O–H groups in total. The molecule has 1 aromatic rings. The lowest BCUT2D eigenvalue weighted by molar-refractivity contribution is 0.387. The van der Waals surface area contributed by atoms with Gasteiger partial charge in [-0.1, -0.05) is 12.1 Å². The molecule has 1 saturated carbocycles. The molecule has 0 radical (unpaired) electrons. The molecule has 1 aliphatic heterocycles. The Kier molecular flexibility index (Phi) is 2.21. The molecule has 1 heterocycles. The quantitative estimate of drug-likeness (QED) is 0.835. The van der Waals surface area contributed by atoms with Crippen LogP contribution in [0.25, 0.3) is 0 Å². The molecule has 0 bridgehead atoms. The number of hydrogen-bond donors (Lipinski definition) is 1. The zero-order valence-corrected chi connectivity index (χ0v) is 10.2. The Morgan fingerprint density at radius 1 is 1.31 bits per heavy atom. The van der Waals surface area contributed by atoms with E-state index >= 15 is 0 Å². The maximum Gasteiger partial charge on any atom is 0.0369 e. The van der Waals surface area contributed by atoms with Gasteiger partial charge in [0.2, 0.25) is 0 Å². The van der Waals surface area contributed by atoms with Crippen LogP contribution in [0.1, 0.15) is 31.4 Å². The first-order chi connectivity index (χ1) is 7.72. The summed E-state index contributed by atoms with van der Waals surface area (Å²) in [7, 11) is 2.01. The third-order valence-electron chi connectivity index (χ3n) is 4.18. The van der Waals surface area contributed by atoms with Crippen LogP contribution in [0.2, 0.25) is 0 Å². The third kappa shape index (κ3) is 1.61. The SMILES string of the molecule is CNC(C)c1cccc(N2CC3(CC3)C2)c1. The Morgan fingerprint density at radius 3 is 2.69 bits per heavy atom. The van der Waals surface area contributed by atoms with Gasteiger partial charge in [0.1, 0.15) is 0 Å². The molecule has 0 amide bonds. The molecule has 2 aliphatic rings. The molecule has 1 saturated heterocycles. The lowest BCUT2D eigenvalue weighted by atomic mass is 9.95. The molecule has 16 heavy (non-hydrogen) atoms. The first kappa shape index (κ1) is 10.2. The second-order valence-corrected chi connectivity index (χ2v) is 5.46. The van der Waals surface area contributed by atoms with Crippen molar-refractivity contribution in [2.45, 2.75) is 25.8 Å². The topological polar surface area (TPSA) is 15.3 Å². The van der Waals surface area contributed by atoms with Crippen molar-refractivity contribution >= 4 is 5.69 Å². The number of benzene rings is 1. The summed E-state index contributed by atoms with van der Waals surface area (Å²) in [5.41, 5.74) is 3.53. The van der Waals surface area contributed by atoms with E-state index in [0.29, 0.717) is 6.04 Å². The van der Waals surface area contributed by atoms with Gasteiger partial charge in [0, 0.05) is 30.2 Å². The molecule has 86 valence electrons. The van der Waals surface area contributed by atoms with Crippen molar-refractivity contribution in [3.63, 3.8) is 0 Å². The molecule has 1 aromatic carbocycles. The number of rotatable bonds is 3. The van der Waals surface area contributed by atoms with Crippen LogP contribution in [0.15, 0.2) is 24.3 Å². The zero-order valence-electron chi connectivity index (χ0n) is 10.2. The Labute approximate surface area is 97.6 Å². The molecule has 1 atom stereocenters. The predicted molar refractivity (Wildman–Crippen MR) is 67.8 cm³/mol. The highest BCUT2D eigenvalue weighted by Gasteiger charge is 2.52. The highest BCUT2D eigenvalue weighted by molar-refractivity contribution is 5.53. The van der Waals surface area contributed by atoms with E-state index in [-0.39, 0.29) is 0 Å². The molecule has 3 rings (SSSR count). The number of hydrogen-bond acceptors (Lipinski definition) is 2. The van der Waals surface area contributed by atoms with Gasteiger partial charge in [-0.2, -0.15) is 0 Å². The average molecular weight is 216 g/mol. The third-order valence-corrected chi connectivity index (χ3v) is 4.18. The Bertz CT molecular complexity index is 387. The van der Waals surface area contributed by atoms with Gasteiger partial charge in [0.05, 0.1) is 0 Å². The summed E-state index contributed by atoms with van der Waals surface area (Å²) in [6, 6.07) is 9.39. The lowest BCUT2D eigenvalue weighted by Gasteiger charge is -2.42. The Balaban J connectivity index is 1.75. The van der Waals surface area contributed by atoms with Gasteiger partial charge in [0.15, 0.2) is 0 Å². The van der Waals surface area contributed by atoms with Crippen molar-refractivity contribution in [2.24, 2.45) is 5.41 Å². The van der Waals surface area contributed by atoms with Crippen LogP contribution in [0, 0.1) is 5.41 Å². The van der Waals surface area contributed by atoms with E-state index < -0.39 is 0 Å². The van der Waals surface area contributed by atoms with Gasteiger partial charge < -0.3 is 10.2 Å². The monoisotopic (exact) mass is 216 g/mol. The van der Waals surface area contributed by atoms with Gasteiger partial charge in [-0.25, -0.2) is 0 Å². The summed E-state index contributed by atoms with van der Waals surface area (Å²) in [4.78, 5) is 2.51. The van der Waals surface area contributed by atoms with E-state index in [4.69, 9.17) is 0 Å². The fraction of sp³-hybridized carbons (Fsp3) is 0.571. The fourth-order valence-electron chi connectivity index (χ4n) is 2.60. The normalized spacial score (nSPS) is 23.0. The summed E-state index contributed by atoms with van der Waals surface area (Å²) in [6.45, 7) is 4.77. The lowest BCUT2D eigenvalue weighted by Crippen LogP contribution is -2.48. The maximum absolute atomic E-state index is 3.29. The van der Waals surface area contributed by atoms with Crippen LogP contribution >= 0.6 is 0 Å². The second-order valence-electron chi connectivity index (χ2n) is 5.46. The van der Waals surface area contributed by atoms with E-state index in [1.54, 1.807) is 0 Å². The van der Waals surface area contributed by atoms with E-state index in [9.17, 15) is 0 Å². The smallest absolute Gasteiger partial charge is 0.0369 e. The van der Waals surface area contributed by atoms with Gasteiger partial charge in [-0.15, -0.1) is 0 Å². The molecule has 2 fully saturated rings. The van der Waals surface area contributed by atoms with Crippen molar-refractivity contribution in [3.05, 3.63) is 29.8 Å². The van der Waals surface area contributed by atoms with Crippen LogP contribution in [0.3, 0.4) is 0 Å². The minimum Gasteiger partial charge on any atom is -0.370 e. The summed E-state index contributed by atoms with van der Waals surface area (Å²) in [6.07, 6.45) is 2.91. The van der Waals surface area contributed by atoms with E-state index in [1.807, 2.05) is 7.05 Å². The summed E-state index contributed by atoms with van der Waals surface area (Å²) >= 11 is 0. The zero-order chi connectivity index (χ0) is 11.2. The molecular formula is C14H20N2. The van der Waals surface area contributed by atoms with Crippen LogP contribution in [-0.2, 0) is 0 Å². The molecule has 1 aliphatic carbocycles. The predicted octanol–water partition coefficient (Wildman–Crippen LogP) is 2.57. The van der Waals surface area contributed by atoms with Crippen molar-refractivity contribution < 1.29 is 0 Å². The van der Waals surface area contributed by atoms with Crippen LogP contribution in [-0.4, -0.2) is 20.1 Å². The minimum atomic E-state index is 0.441. The van der Waals surface area contributed by atoms with Crippen LogP contribution in [0.4, 0.5) is 5.69 Å².